The number of benzene rings is 2. The highest BCUT2D eigenvalue weighted by Gasteiger charge is 2.26. The number of thiazole rings is 1. The molecular formula is C21H21N3O5S2. The maximum absolute atomic E-state index is 12.8. The van der Waals surface area contributed by atoms with Crippen molar-refractivity contribution in [1.82, 2.24) is 8.87 Å². The molecule has 5 rings (SSSR count). The fourth-order valence-electron chi connectivity index (χ4n) is 3.80. The van der Waals surface area contributed by atoms with Crippen LogP contribution in [-0.4, -0.2) is 43.1 Å². The van der Waals surface area contributed by atoms with Crippen molar-refractivity contribution in [1.29, 1.82) is 0 Å². The molecule has 0 atom stereocenters. The maximum atomic E-state index is 12.8. The Labute approximate surface area is 183 Å². The van der Waals surface area contributed by atoms with E-state index in [1.165, 1.54) is 39.9 Å². The van der Waals surface area contributed by atoms with E-state index in [1.54, 1.807) is 0 Å². The molecule has 2 aliphatic heterocycles. The highest BCUT2D eigenvalue weighted by molar-refractivity contribution is 7.89. The fraction of sp³-hybridized carbons (Fsp3) is 0.333. The Kier molecular flexibility index (Phi) is 5.07. The first-order valence-electron chi connectivity index (χ1n) is 10.0. The molecule has 0 aliphatic carbocycles. The van der Waals surface area contributed by atoms with Gasteiger partial charge in [0.25, 0.3) is 5.91 Å². The number of amides is 1. The minimum absolute atomic E-state index is 0.202. The Bertz CT molecular complexity index is 1330. The van der Waals surface area contributed by atoms with Gasteiger partial charge in [-0.2, -0.15) is 9.30 Å². The van der Waals surface area contributed by atoms with Crippen molar-refractivity contribution in [2.45, 2.75) is 24.2 Å². The molecule has 0 saturated carbocycles. The number of aromatic nitrogens is 1. The molecule has 8 nitrogen and oxygen atoms in total. The predicted molar refractivity (Wildman–Crippen MR) is 116 cm³/mol. The largest absolute Gasteiger partial charge is 0.454 e. The van der Waals surface area contributed by atoms with E-state index in [2.05, 4.69) is 4.99 Å². The molecule has 0 bridgehead atoms. The molecular weight excluding hydrogens is 438 g/mol. The molecule has 2 aromatic carbocycles. The van der Waals surface area contributed by atoms with E-state index in [-0.39, 0.29) is 11.7 Å². The van der Waals surface area contributed by atoms with Crippen LogP contribution in [0.2, 0.25) is 0 Å². The van der Waals surface area contributed by atoms with Gasteiger partial charge in [-0.25, -0.2) is 8.42 Å². The number of ether oxygens (including phenoxy) is 2. The Morgan fingerprint density at radius 3 is 2.42 bits per heavy atom. The monoisotopic (exact) mass is 459 g/mol. The molecule has 3 heterocycles. The van der Waals surface area contributed by atoms with Gasteiger partial charge in [-0.05, 0) is 37.1 Å². The predicted octanol–water partition coefficient (Wildman–Crippen LogP) is 2.88. The van der Waals surface area contributed by atoms with Crippen LogP contribution in [0.15, 0.2) is 46.3 Å². The van der Waals surface area contributed by atoms with Crippen molar-refractivity contribution in [2.24, 2.45) is 12.0 Å². The minimum atomic E-state index is -3.53. The van der Waals surface area contributed by atoms with Gasteiger partial charge in [0.05, 0.1) is 15.1 Å². The van der Waals surface area contributed by atoms with Gasteiger partial charge in [-0.15, -0.1) is 0 Å². The number of carbonyl (C=O) groups is 1. The van der Waals surface area contributed by atoms with Crippen LogP contribution in [0.1, 0.15) is 29.6 Å². The van der Waals surface area contributed by atoms with Crippen molar-refractivity contribution in [3.8, 4) is 11.5 Å². The maximum Gasteiger partial charge on any atom is 0.279 e. The van der Waals surface area contributed by atoms with Crippen molar-refractivity contribution in [3.05, 3.63) is 46.8 Å². The van der Waals surface area contributed by atoms with Crippen molar-refractivity contribution < 1.29 is 22.7 Å². The molecule has 2 aliphatic rings. The van der Waals surface area contributed by atoms with Crippen LogP contribution in [0.25, 0.3) is 10.2 Å². The van der Waals surface area contributed by atoms with Crippen LogP contribution in [-0.2, 0) is 17.1 Å². The highest BCUT2D eigenvalue weighted by atomic mass is 32.2. The van der Waals surface area contributed by atoms with Gasteiger partial charge in [0.2, 0.25) is 16.8 Å². The lowest BCUT2D eigenvalue weighted by atomic mass is 10.2. The standard InChI is InChI=1S/C21H21N3O5S2/c1-23-16-11-17-18(29-13-28-17)12-19(16)30-21(23)22-20(25)14-5-7-15(8-6-14)31(26,27)24-9-3-2-4-10-24/h5-8,11-12H,2-4,9-10,13H2,1H3. The number of rotatable bonds is 3. The summed E-state index contributed by atoms with van der Waals surface area (Å²) in [6.45, 7) is 1.29. The van der Waals surface area contributed by atoms with Crippen LogP contribution >= 0.6 is 11.3 Å². The van der Waals surface area contributed by atoms with Crippen molar-refractivity contribution >= 4 is 37.5 Å². The van der Waals surface area contributed by atoms with Gasteiger partial charge in [0.1, 0.15) is 0 Å². The van der Waals surface area contributed by atoms with E-state index < -0.39 is 15.9 Å². The molecule has 10 heteroatoms. The summed E-state index contributed by atoms with van der Waals surface area (Å²) in [6, 6.07) is 9.76. The average Bonchev–Trinajstić information content (AvgIpc) is 3.37. The number of piperidine rings is 1. The molecule has 0 unspecified atom stereocenters. The van der Waals surface area contributed by atoms with Crippen molar-refractivity contribution in [3.63, 3.8) is 0 Å². The fourth-order valence-corrected chi connectivity index (χ4v) is 6.34. The van der Waals surface area contributed by atoms with E-state index in [0.717, 1.165) is 29.5 Å². The third-order valence-corrected chi connectivity index (χ3v) is 8.56. The second-order valence-electron chi connectivity index (χ2n) is 7.52. The first-order valence-corrected chi connectivity index (χ1v) is 12.3. The zero-order chi connectivity index (χ0) is 21.6. The van der Waals surface area contributed by atoms with Crippen LogP contribution in [0, 0.1) is 0 Å². The van der Waals surface area contributed by atoms with Crippen LogP contribution in [0.5, 0.6) is 11.5 Å². The summed E-state index contributed by atoms with van der Waals surface area (Å²) in [5, 5.41) is 0. The number of carbonyl (C=O) groups excluding carboxylic acids is 1. The van der Waals surface area contributed by atoms with Crippen molar-refractivity contribution in [2.75, 3.05) is 19.9 Å². The summed E-state index contributed by atoms with van der Waals surface area (Å²) in [5.41, 5.74) is 1.23. The molecule has 1 saturated heterocycles. The number of aryl methyl sites for hydroxylation is 1. The zero-order valence-corrected chi connectivity index (χ0v) is 18.5. The lowest BCUT2D eigenvalue weighted by Crippen LogP contribution is -2.35. The second kappa shape index (κ2) is 7.77. The Balaban J connectivity index is 1.43. The average molecular weight is 460 g/mol. The summed E-state index contributed by atoms with van der Waals surface area (Å²) in [5.74, 6) is 0.922. The molecule has 3 aromatic rings. The number of fused-ring (bicyclic) bond motifs is 2. The quantitative estimate of drug-likeness (QED) is 0.601. The summed E-state index contributed by atoms with van der Waals surface area (Å²) in [4.78, 5) is 17.7. The summed E-state index contributed by atoms with van der Waals surface area (Å²) < 4.78 is 40.7. The zero-order valence-electron chi connectivity index (χ0n) is 16.9. The van der Waals surface area contributed by atoms with Crippen LogP contribution in [0.3, 0.4) is 0 Å². The number of sulfonamides is 1. The lowest BCUT2D eigenvalue weighted by molar-refractivity contribution is 0.0998. The number of nitrogens with zero attached hydrogens (tertiary/aromatic N) is 3. The molecule has 31 heavy (non-hydrogen) atoms. The summed E-state index contributed by atoms with van der Waals surface area (Å²) in [6.07, 6.45) is 2.81. The van der Waals surface area contributed by atoms with Gasteiger partial charge >= 0.3 is 0 Å². The molecule has 1 aromatic heterocycles. The third kappa shape index (κ3) is 3.64. The summed E-state index contributed by atoms with van der Waals surface area (Å²) >= 11 is 1.38. The van der Waals surface area contributed by atoms with E-state index in [4.69, 9.17) is 9.47 Å². The van der Waals surface area contributed by atoms with E-state index in [1.807, 2.05) is 23.7 Å². The molecule has 0 spiro atoms. The topological polar surface area (TPSA) is 90.2 Å². The van der Waals surface area contributed by atoms with Gasteiger partial charge < -0.3 is 14.0 Å². The van der Waals surface area contributed by atoms with E-state index in [9.17, 15) is 13.2 Å². The normalized spacial score (nSPS) is 17.4. The van der Waals surface area contributed by atoms with Gasteiger partial charge in [-0.1, -0.05) is 17.8 Å². The number of hydrogen-bond acceptors (Lipinski definition) is 6. The SMILES string of the molecule is Cn1c(=NC(=O)c2ccc(S(=O)(=O)N3CCCCC3)cc2)sc2cc3c(cc21)OCO3. The summed E-state index contributed by atoms with van der Waals surface area (Å²) in [7, 11) is -1.69. The Morgan fingerprint density at radius 1 is 1.03 bits per heavy atom. The molecule has 1 fully saturated rings. The van der Waals surface area contributed by atoms with E-state index in [0.29, 0.717) is 35.0 Å². The molecule has 0 radical (unpaired) electrons. The molecule has 0 N–H and O–H groups in total. The minimum Gasteiger partial charge on any atom is -0.454 e. The first kappa shape index (κ1) is 20.2. The molecule has 1 amide bonds. The Hall–Kier alpha value is -2.69. The lowest BCUT2D eigenvalue weighted by Gasteiger charge is -2.25. The van der Waals surface area contributed by atoms with Crippen LogP contribution < -0.4 is 14.3 Å². The first-order chi connectivity index (χ1) is 14.9. The highest BCUT2D eigenvalue weighted by Crippen LogP contribution is 2.36. The number of hydrogen-bond donors (Lipinski definition) is 0. The Morgan fingerprint density at radius 2 is 1.71 bits per heavy atom. The smallest absolute Gasteiger partial charge is 0.279 e. The van der Waals surface area contributed by atoms with Gasteiger partial charge in [0, 0.05) is 37.8 Å². The second-order valence-corrected chi connectivity index (χ2v) is 10.5. The van der Waals surface area contributed by atoms with Crippen LogP contribution in [0.4, 0.5) is 0 Å². The third-order valence-electron chi connectivity index (χ3n) is 5.55. The van der Waals surface area contributed by atoms with E-state index >= 15 is 0 Å². The van der Waals surface area contributed by atoms with Gasteiger partial charge in [-0.3, -0.25) is 4.79 Å². The molecule has 162 valence electrons. The van der Waals surface area contributed by atoms with Gasteiger partial charge in [0.15, 0.2) is 16.3 Å².